The lowest BCUT2D eigenvalue weighted by Gasteiger charge is -2.14. The molecule has 0 atom stereocenters. The molecule has 0 saturated carbocycles. The Morgan fingerprint density at radius 1 is 0.971 bits per heavy atom. The molecule has 0 radical (unpaired) electrons. The van der Waals surface area contributed by atoms with Crippen LogP contribution in [0.3, 0.4) is 0 Å². The van der Waals surface area contributed by atoms with Crippen LogP contribution in [0.1, 0.15) is 16.1 Å². The van der Waals surface area contributed by atoms with Gasteiger partial charge < -0.3 is 14.3 Å². The van der Waals surface area contributed by atoms with Crippen molar-refractivity contribution in [3.63, 3.8) is 0 Å². The molecule has 1 aliphatic rings. The van der Waals surface area contributed by atoms with E-state index >= 15 is 0 Å². The van der Waals surface area contributed by atoms with Crippen LogP contribution in [-0.2, 0) is 4.79 Å². The first-order valence-corrected chi connectivity index (χ1v) is 11.6. The molecule has 1 saturated heterocycles. The first-order valence-electron chi connectivity index (χ1n) is 10.8. The Labute approximate surface area is 204 Å². The molecule has 1 aromatic heterocycles. The number of hydrogen-bond donors (Lipinski definition) is 1. The van der Waals surface area contributed by atoms with Gasteiger partial charge in [0.05, 0.1) is 17.0 Å². The van der Waals surface area contributed by atoms with Crippen molar-refractivity contribution in [2.45, 2.75) is 0 Å². The summed E-state index contributed by atoms with van der Waals surface area (Å²) < 4.78 is 11.6. The van der Waals surface area contributed by atoms with Gasteiger partial charge >= 0.3 is 5.97 Å². The number of aromatic carboxylic acids is 1. The number of amides is 2. The molecule has 5 rings (SSSR count). The zero-order chi connectivity index (χ0) is 24.4. The maximum atomic E-state index is 12.8. The van der Waals surface area contributed by atoms with Crippen LogP contribution in [0.4, 0.5) is 4.79 Å². The van der Waals surface area contributed by atoms with E-state index in [0.29, 0.717) is 22.8 Å². The number of carboxylic acids is 1. The van der Waals surface area contributed by atoms with Gasteiger partial charge in [-0.1, -0.05) is 54.6 Å². The van der Waals surface area contributed by atoms with Crippen molar-refractivity contribution in [1.29, 1.82) is 0 Å². The Morgan fingerprint density at radius 2 is 1.74 bits per heavy atom. The summed E-state index contributed by atoms with van der Waals surface area (Å²) in [6, 6.07) is 23.3. The highest BCUT2D eigenvalue weighted by atomic mass is 32.2. The van der Waals surface area contributed by atoms with Gasteiger partial charge in [-0.2, -0.15) is 0 Å². The molecule has 2 amide bonds. The second-order valence-corrected chi connectivity index (χ2v) is 8.71. The zero-order valence-corrected chi connectivity index (χ0v) is 19.2. The first kappa shape index (κ1) is 22.5. The van der Waals surface area contributed by atoms with Gasteiger partial charge in [0.25, 0.3) is 11.1 Å². The molecule has 35 heavy (non-hydrogen) atoms. The van der Waals surface area contributed by atoms with Gasteiger partial charge in [-0.05, 0) is 41.4 Å². The Morgan fingerprint density at radius 3 is 2.60 bits per heavy atom. The molecule has 8 heteroatoms. The van der Waals surface area contributed by atoms with Gasteiger partial charge in [-0.15, -0.1) is 0 Å². The normalized spacial score (nSPS) is 14.7. The summed E-state index contributed by atoms with van der Waals surface area (Å²) in [5.74, 6) is -0.0965. The summed E-state index contributed by atoms with van der Waals surface area (Å²) in [5, 5.41) is 11.0. The summed E-state index contributed by atoms with van der Waals surface area (Å²) >= 11 is 0.827. The lowest BCUT2D eigenvalue weighted by molar-refractivity contribution is -0.123. The van der Waals surface area contributed by atoms with Crippen molar-refractivity contribution in [2.75, 3.05) is 13.2 Å². The standard InChI is InChI=1S/C27H19NO6S/c29-25-24(16-18-12-13-23(34-18)20-9-3-4-10-21(20)26(30)31)35-27(32)28(25)14-15-33-22-11-5-7-17-6-1-2-8-19(17)22/h1-13,16H,14-15H2,(H,30,31)/b24-16-. The number of benzene rings is 3. The van der Waals surface area contributed by atoms with Crippen molar-refractivity contribution in [3.05, 3.63) is 95.1 Å². The third-order valence-corrected chi connectivity index (χ3v) is 6.43. The highest BCUT2D eigenvalue weighted by Gasteiger charge is 2.35. The number of carbonyl (C=O) groups is 3. The van der Waals surface area contributed by atoms with Gasteiger partial charge in [0.2, 0.25) is 0 Å². The van der Waals surface area contributed by atoms with Crippen molar-refractivity contribution in [3.8, 4) is 17.1 Å². The molecule has 4 aromatic rings. The second-order valence-electron chi connectivity index (χ2n) is 7.71. The molecule has 1 N–H and O–H groups in total. The van der Waals surface area contributed by atoms with E-state index in [1.807, 2.05) is 42.5 Å². The Hall–Kier alpha value is -4.30. The van der Waals surface area contributed by atoms with Crippen LogP contribution < -0.4 is 4.74 Å². The monoisotopic (exact) mass is 485 g/mol. The van der Waals surface area contributed by atoms with E-state index in [4.69, 9.17) is 9.15 Å². The molecule has 0 spiro atoms. The van der Waals surface area contributed by atoms with E-state index in [0.717, 1.165) is 27.4 Å². The zero-order valence-electron chi connectivity index (χ0n) is 18.3. The third kappa shape index (κ3) is 4.56. The molecule has 174 valence electrons. The lowest BCUT2D eigenvalue weighted by Crippen LogP contribution is -2.32. The molecule has 0 aliphatic carbocycles. The SMILES string of the molecule is O=C(O)c1ccccc1-c1ccc(/C=C2\SC(=O)N(CCOc3cccc4ccccc34)C2=O)o1. The number of imide groups is 1. The van der Waals surface area contributed by atoms with Gasteiger partial charge in [0.15, 0.2) is 0 Å². The minimum atomic E-state index is -1.06. The highest BCUT2D eigenvalue weighted by Crippen LogP contribution is 2.34. The van der Waals surface area contributed by atoms with E-state index in [2.05, 4.69) is 0 Å². The predicted molar refractivity (Wildman–Crippen MR) is 133 cm³/mol. The average molecular weight is 486 g/mol. The fourth-order valence-corrected chi connectivity index (χ4v) is 4.70. The lowest BCUT2D eigenvalue weighted by atomic mass is 10.1. The summed E-state index contributed by atoms with van der Waals surface area (Å²) in [4.78, 5) is 38.2. The smallest absolute Gasteiger partial charge is 0.336 e. The van der Waals surface area contributed by atoms with Gasteiger partial charge in [-0.3, -0.25) is 14.5 Å². The topological polar surface area (TPSA) is 97.0 Å². The average Bonchev–Trinajstić information content (AvgIpc) is 3.44. The van der Waals surface area contributed by atoms with E-state index in [1.54, 1.807) is 30.3 Å². The molecule has 0 unspecified atom stereocenters. The summed E-state index contributed by atoms with van der Waals surface area (Å²) in [5.41, 5.74) is 0.540. The number of hydrogen-bond acceptors (Lipinski definition) is 6. The van der Waals surface area contributed by atoms with Gasteiger partial charge in [0.1, 0.15) is 23.9 Å². The number of fused-ring (bicyclic) bond motifs is 1. The van der Waals surface area contributed by atoms with Crippen LogP contribution in [0.15, 0.2) is 88.2 Å². The molecule has 2 heterocycles. The quantitative estimate of drug-likeness (QED) is 0.325. The number of thioether (sulfide) groups is 1. The minimum Gasteiger partial charge on any atom is -0.491 e. The molecule has 1 fully saturated rings. The maximum absolute atomic E-state index is 12.8. The first-order chi connectivity index (χ1) is 17.0. The van der Waals surface area contributed by atoms with E-state index < -0.39 is 11.9 Å². The maximum Gasteiger partial charge on any atom is 0.336 e. The number of ether oxygens (including phenoxy) is 1. The van der Waals surface area contributed by atoms with Crippen molar-refractivity contribution in [2.24, 2.45) is 0 Å². The molecule has 1 aliphatic heterocycles. The van der Waals surface area contributed by atoms with Crippen LogP contribution in [0, 0.1) is 0 Å². The Balaban J connectivity index is 1.28. The van der Waals surface area contributed by atoms with Crippen LogP contribution in [-0.4, -0.2) is 40.3 Å². The van der Waals surface area contributed by atoms with Crippen molar-refractivity contribution < 1.29 is 28.6 Å². The van der Waals surface area contributed by atoms with Crippen LogP contribution in [0.25, 0.3) is 28.2 Å². The number of nitrogens with zero attached hydrogens (tertiary/aromatic N) is 1. The van der Waals surface area contributed by atoms with Crippen molar-refractivity contribution >= 4 is 45.7 Å². The molecule has 3 aromatic carbocycles. The number of furan rings is 1. The number of rotatable bonds is 7. The van der Waals surface area contributed by atoms with Crippen LogP contribution in [0.5, 0.6) is 5.75 Å². The number of carbonyl (C=O) groups excluding carboxylic acids is 2. The fourth-order valence-electron chi connectivity index (χ4n) is 3.85. The van der Waals surface area contributed by atoms with Gasteiger partial charge in [0, 0.05) is 17.0 Å². The Bertz CT molecular complexity index is 1480. The summed E-state index contributed by atoms with van der Waals surface area (Å²) in [6.07, 6.45) is 1.49. The number of carboxylic acid groups (broad SMARTS) is 1. The van der Waals surface area contributed by atoms with Crippen LogP contribution >= 0.6 is 11.8 Å². The second kappa shape index (κ2) is 9.52. The minimum absolute atomic E-state index is 0.111. The predicted octanol–water partition coefficient (Wildman–Crippen LogP) is 5.91. The molecule has 0 bridgehead atoms. The molecule has 7 nitrogen and oxygen atoms in total. The van der Waals surface area contributed by atoms with E-state index in [-0.39, 0.29) is 28.9 Å². The van der Waals surface area contributed by atoms with Gasteiger partial charge in [-0.25, -0.2) is 4.79 Å². The fraction of sp³-hybridized carbons (Fsp3) is 0.0741. The van der Waals surface area contributed by atoms with Crippen molar-refractivity contribution in [1.82, 2.24) is 4.90 Å². The largest absolute Gasteiger partial charge is 0.491 e. The van der Waals surface area contributed by atoms with Crippen LogP contribution in [0.2, 0.25) is 0 Å². The Kier molecular flexibility index (Phi) is 6.12. The summed E-state index contributed by atoms with van der Waals surface area (Å²) in [6.45, 7) is 0.275. The highest BCUT2D eigenvalue weighted by molar-refractivity contribution is 8.18. The molecular weight excluding hydrogens is 466 g/mol. The summed E-state index contributed by atoms with van der Waals surface area (Å²) in [7, 11) is 0. The molecular formula is C27H19NO6S. The van der Waals surface area contributed by atoms with E-state index in [1.165, 1.54) is 12.1 Å². The third-order valence-electron chi connectivity index (χ3n) is 5.52. The van der Waals surface area contributed by atoms with E-state index in [9.17, 15) is 19.5 Å².